The quantitative estimate of drug-likeness (QED) is 0.296. The maximum absolute atomic E-state index is 14.0. The van der Waals surface area contributed by atoms with Gasteiger partial charge in [-0.25, -0.2) is 0 Å². The van der Waals surface area contributed by atoms with Gasteiger partial charge in [-0.1, -0.05) is 49.3 Å². The number of alkyl halides is 6. The molecule has 0 unspecified atom stereocenters. The van der Waals surface area contributed by atoms with Gasteiger partial charge < -0.3 is 0 Å². The molecule has 4 rings (SSSR count). The molecule has 0 nitrogen and oxygen atoms in total. The van der Waals surface area contributed by atoms with E-state index in [4.69, 9.17) is 0 Å². The van der Waals surface area contributed by atoms with Crippen LogP contribution in [0.4, 0.5) is 26.3 Å². The van der Waals surface area contributed by atoms with Crippen LogP contribution < -0.4 is 0 Å². The van der Waals surface area contributed by atoms with Crippen LogP contribution in [0.15, 0.2) is 34.1 Å². The summed E-state index contributed by atoms with van der Waals surface area (Å²) in [4.78, 5) is 0.418. The molecule has 2 saturated carbocycles. The van der Waals surface area contributed by atoms with Crippen molar-refractivity contribution in [2.45, 2.75) is 74.5 Å². The number of rotatable bonds is 4. The molecule has 0 N–H and O–H groups in total. The molecule has 0 aliphatic heterocycles. The first-order chi connectivity index (χ1) is 16.5. The van der Waals surface area contributed by atoms with Crippen molar-refractivity contribution in [3.05, 3.63) is 57.6 Å². The lowest BCUT2D eigenvalue weighted by atomic mass is 10.0. The summed E-state index contributed by atoms with van der Waals surface area (Å²) in [6.07, 6.45) is -5.18. The zero-order chi connectivity index (χ0) is 25.4. The fraction of sp³-hybridized carbons (Fsp3) is 0.429. The minimum absolute atomic E-state index is 0.0695. The van der Waals surface area contributed by atoms with Crippen LogP contribution in [0.3, 0.4) is 0 Å². The monoisotopic (exact) mass is 506 g/mol. The van der Waals surface area contributed by atoms with Crippen molar-refractivity contribution >= 4 is 11.8 Å². The van der Waals surface area contributed by atoms with Gasteiger partial charge in [-0.15, -0.1) is 0 Å². The SMILES string of the molecule is CCc1cc(Sc2cc(CC)cc(C(F)(F)F)c2C#CC2CC2)c(C#CC2CC2)c(C(F)(F)F)c1. The average molecular weight is 507 g/mol. The smallest absolute Gasteiger partial charge is 0.166 e. The molecule has 184 valence electrons. The molecular weight excluding hydrogens is 482 g/mol. The van der Waals surface area contributed by atoms with E-state index in [1.54, 1.807) is 26.0 Å². The van der Waals surface area contributed by atoms with Gasteiger partial charge in [0.25, 0.3) is 0 Å². The van der Waals surface area contributed by atoms with Gasteiger partial charge in [0.05, 0.1) is 22.3 Å². The summed E-state index contributed by atoms with van der Waals surface area (Å²) >= 11 is 0.900. The predicted molar refractivity (Wildman–Crippen MR) is 125 cm³/mol. The molecule has 35 heavy (non-hydrogen) atoms. The highest BCUT2D eigenvalue weighted by atomic mass is 32.2. The maximum atomic E-state index is 14.0. The molecule has 0 bridgehead atoms. The lowest BCUT2D eigenvalue weighted by molar-refractivity contribution is -0.138. The zero-order valence-electron chi connectivity index (χ0n) is 19.4. The van der Waals surface area contributed by atoms with Gasteiger partial charge in [0.2, 0.25) is 0 Å². The van der Waals surface area contributed by atoms with Gasteiger partial charge in [0.1, 0.15) is 0 Å². The molecule has 0 amide bonds. The zero-order valence-corrected chi connectivity index (χ0v) is 20.2. The molecule has 0 radical (unpaired) electrons. The van der Waals surface area contributed by atoms with Crippen LogP contribution >= 0.6 is 11.8 Å². The Kier molecular flexibility index (Phi) is 7.21. The van der Waals surface area contributed by atoms with E-state index in [0.29, 0.717) is 24.0 Å². The molecule has 2 aliphatic carbocycles. The third kappa shape index (κ3) is 6.39. The molecular formula is C28H24F6S. The summed E-state index contributed by atoms with van der Waals surface area (Å²) in [5.41, 5.74) is -1.15. The minimum Gasteiger partial charge on any atom is -0.166 e. The van der Waals surface area contributed by atoms with Crippen molar-refractivity contribution in [2.24, 2.45) is 11.8 Å². The van der Waals surface area contributed by atoms with E-state index in [1.807, 2.05) is 0 Å². The third-order valence-electron chi connectivity index (χ3n) is 5.93. The maximum Gasteiger partial charge on any atom is 0.417 e. The Balaban J connectivity index is 1.92. The van der Waals surface area contributed by atoms with Crippen LogP contribution in [0.25, 0.3) is 0 Å². The van der Waals surface area contributed by atoms with Crippen molar-refractivity contribution in [1.82, 2.24) is 0 Å². The number of benzene rings is 2. The number of halogens is 6. The summed E-state index contributed by atoms with van der Waals surface area (Å²) in [5.74, 6) is 11.4. The van der Waals surface area contributed by atoms with E-state index in [0.717, 1.165) is 49.6 Å². The summed E-state index contributed by atoms with van der Waals surface area (Å²) in [6.45, 7) is 3.48. The summed E-state index contributed by atoms with van der Waals surface area (Å²) in [7, 11) is 0. The Morgan fingerprint density at radius 3 is 1.34 bits per heavy atom. The molecule has 7 heteroatoms. The predicted octanol–water partition coefficient (Wildman–Crippen LogP) is 8.52. The molecule has 2 aromatic rings. The Labute approximate surface area is 205 Å². The highest BCUT2D eigenvalue weighted by molar-refractivity contribution is 7.99. The van der Waals surface area contributed by atoms with Crippen molar-refractivity contribution in [3.63, 3.8) is 0 Å². The van der Waals surface area contributed by atoms with E-state index < -0.39 is 23.5 Å². The lowest BCUT2D eigenvalue weighted by Crippen LogP contribution is -2.11. The standard InChI is InChI=1S/C28H24F6S/c1-3-17-13-23(27(29,30)31)21(11-9-19-5-6-19)25(15-17)35-26-16-18(4-2)14-24(28(32,33)34)22(26)12-10-20-7-8-20/h13-16,19-20H,3-8H2,1-2H3. The van der Waals surface area contributed by atoms with Crippen molar-refractivity contribution in [1.29, 1.82) is 0 Å². The topological polar surface area (TPSA) is 0 Å². The first-order valence-corrected chi connectivity index (χ1v) is 12.5. The molecule has 0 atom stereocenters. The summed E-state index contributed by atoms with van der Waals surface area (Å²) < 4.78 is 84.1. The van der Waals surface area contributed by atoms with Crippen LogP contribution in [0.2, 0.25) is 0 Å². The Hall–Kier alpha value is -2.51. The molecule has 0 aromatic heterocycles. The molecule has 0 heterocycles. The van der Waals surface area contributed by atoms with Gasteiger partial charge in [-0.05, 0) is 73.9 Å². The molecule has 2 fully saturated rings. The van der Waals surface area contributed by atoms with Crippen LogP contribution in [0.5, 0.6) is 0 Å². The number of aryl methyl sites for hydroxylation is 2. The van der Waals surface area contributed by atoms with Gasteiger partial charge >= 0.3 is 12.4 Å². The van der Waals surface area contributed by atoms with Crippen molar-refractivity contribution < 1.29 is 26.3 Å². The highest BCUT2D eigenvalue weighted by Gasteiger charge is 2.37. The summed E-state index contributed by atoms with van der Waals surface area (Å²) in [5, 5.41) is 0. The Morgan fingerprint density at radius 2 is 1.06 bits per heavy atom. The second-order valence-corrected chi connectivity index (χ2v) is 10.0. The number of hydrogen-bond acceptors (Lipinski definition) is 1. The Morgan fingerprint density at radius 1 is 0.686 bits per heavy atom. The fourth-order valence-corrected chi connectivity index (χ4v) is 4.73. The van der Waals surface area contributed by atoms with Crippen LogP contribution in [-0.2, 0) is 25.2 Å². The van der Waals surface area contributed by atoms with Crippen molar-refractivity contribution in [3.8, 4) is 23.7 Å². The second-order valence-electron chi connectivity index (χ2n) is 8.92. The number of hydrogen-bond donors (Lipinski definition) is 0. The van der Waals surface area contributed by atoms with E-state index in [1.165, 1.54) is 0 Å². The van der Waals surface area contributed by atoms with E-state index in [9.17, 15) is 26.3 Å². The van der Waals surface area contributed by atoms with Gasteiger partial charge in [0.15, 0.2) is 0 Å². The minimum atomic E-state index is -4.63. The molecule has 0 spiro atoms. The average Bonchev–Trinajstić information content (AvgIpc) is 3.70. The first kappa shape index (κ1) is 25.6. The van der Waals surface area contributed by atoms with Gasteiger partial charge in [-0.3, -0.25) is 0 Å². The third-order valence-corrected chi connectivity index (χ3v) is 7.01. The van der Waals surface area contributed by atoms with E-state index >= 15 is 0 Å². The second kappa shape index (κ2) is 9.86. The van der Waals surface area contributed by atoms with Crippen molar-refractivity contribution in [2.75, 3.05) is 0 Å². The molecule has 0 saturated heterocycles. The van der Waals surface area contributed by atoms with Crippen LogP contribution in [0.1, 0.15) is 72.9 Å². The normalized spacial score (nSPS) is 15.8. The Bertz CT molecular complexity index is 1140. The molecule has 2 aromatic carbocycles. The van der Waals surface area contributed by atoms with E-state index in [-0.39, 0.29) is 32.8 Å². The fourth-order valence-electron chi connectivity index (χ4n) is 3.54. The highest BCUT2D eigenvalue weighted by Crippen LogP contribution is 2.44. The van der Waals surface area contributed by atoms with Crippen LogP contribution in [-0.4, -0.2) is 0 Å². The van der Waals surface area contributed by atoms with Gasteiger partial charge in [0, 0.05) is 21.6 Å². The lowest BCUT2D eigenvalue weighted by Gasteiger charge is -2.18. The van der Waals surface area contributed by atoms with Gasteiger partial charge in [-0.2, -0.15) is 26.3 Å². The molecule has 2 aliphatic rings. The van der Waals surface area contributed by atoms with Crippen LogP contribution in [0, 0.1) is 35.5 Å². The largest absolute Gasteiger partial charge is 0.417 e. The van der Waals surface area contributed by atoms with E-state index in [2.05, 4.69) is 23.7 Å². The first-order valence-electron chi connectivity index (χ1n) is 11.7. The summed E-state index contributed by atoms with van der Waals surface area (Å²) in [6, 6.07) is 5.42.